The molecular formula is C23H30N6O4. The predicted molar refractivity (Wildman–Crippen MR) is 120 cm³/mol. The van der Waals surface area contributed by atoms with E-state index in [0.29, 0.717) is 18.3 Å². The van der Waals surface area contributed by atoms with Crippen molar-refractivity contribution in [2.24, 2.45) is 11.8 Å². The van der Waals surface area contributed by atoms with E-state index in [-0.39, 0.29) is 37.0 Å². The average Bonchev–Trinajstić information content (AvgIpc) is 2.89. The first-order chi connectivity index (χ1) is 16.2. The van der Waals surface area contributed by atoms with Crippen LogP contribution in [0.15, 0.2) is 36.9 Å². The maximum Gasteiger partial charge on any atom is 0.309 e. The van der Waals surface area contributed by atoms with Crippen LogP contribution in [0.3, 0.4) is 0 Å². The lowest BCUT2D eigenvalue weighted by Crippen LogP contribution is -2.38. The van der Waals surface area contributed by atoms with Crippen molar-refractivity contribution in [2.45, 2.75) is 32.1 Å². The van der Waals surface area contributed by atoms with E-state index in [1.165, 1.54) is 0 Å². The molecule has 0 N–H and O–H groups in total. The van der Waals surface area contributed by atoms with Gasteiger partial charge in [0, 0.05) is 57.4 Å². The molecule has 0 saturated carbocycles. The molecule has 33 heavy (non-hydrogen) atoms. The summed E-state index contributed by atoms with van der Waals surface area (Å²) < 4.78 is 10.8. The van der Waals surface area contributed by atoms with Crippen LogP contribution in [0.2, 0.25) is 0 Å². The molecule has 2 fully saturated rings. The molecule has 4 rings (SSSR count). The highest BCUT2D eigenvalue weighted by atomic mass is 16.5. The number of nitrogens with zero attached hydrogens (tertiary/aromatic N) is 6. The molecule has 2 aliphatic rings. The van der Waals surface area contributed by atoms with Crippen LogP contribution >= 0.6 is 0 Å². The molecule has 4 heterocycles. The quantitative estimate of drug-likeness (QED) is 0.433. The molecule has 10 nitrogen and oxygen atoms in total. The van der Waals surface area contributed by atoms with Crippen molar-refractivity contribution in [3.63, 3.8) is 0 Å². The van der Waals surface area contributed by atoms with Gasteiger partial charge in [-0.1, -0.05) is 0 Å². The van der Waals surface area contributed by atoms with Gasteiger partial charge >= 0.3 is 11.9 Å². The van der Waals surface area contributed by atoms with Crippen molar-refractivity contribution in [3.05, 3.63) is 36.9 Å². The van der Waals surface area contributed by atoms with Gasteiger partial charge in [-0.15, -0.1) is 0 Å². The zero-order valence-corrected chi connectivity index (χ0v) is 18.7. The Hall–Kier alpha value is -3.30. The summed E-state index contributed by atoms with van der Waals surface area (Å²) in [6.07, 6.45) is 10.3. The van der Waals surface area contributed by atoms with E-state index < -0.39 is 0 Å². The van der Waals surface area contributed by atoms with E-state index in [2.05, 4.69) is 29.7 Å². The van der Waals surface area contributed by atoms with Crippen LogP contribution in [0, 0.1) is 11.8 Å². The standard InChI is InChI=1S/C23H30N6O4/c30-20(18-4-12-28(13-5-18)22-24-8-1-9-25-22)32-16-3-17-33-21(31)19-6-14-29(15-7-19)23-26-10-2-11-27-23/h1-2,8-11,18-19H,3-7,12-17H2. The summed E-state index contributed by atoms with van der Waals surface area (Å²) in [5, 5.41) is 0. The third-order valence-corrected chi connectivity index (χ3v) is 6.10. The van der Waals surface area contributed by atoms with Gasteiger partial charge in [0.15, 0.2) is 0 Å². The molecular weight excluding hydrogens is 424 g/mol. The largest absolute Gasteiger partial charge is 0.465 e. The van der Waals surface area contributed by atoms with E-state index in [9.17, 15) is 9.59 Å². The smallest absolute Gasteiger partial charge is 0.309 e. The average molecular weight is 455 g/mol. The van der Waals surface area contributed by atoms with E-state index in [1.54, 1.807) is 36.9 Å². The Labute approximate surface area is 193 Å². The van der Waals surface area contributed by atoms with Gasteiger partial charge < -0.3 is 19.3 Å². The van der Waals surface area contributed by atoms with Gasteiger partial charge in [-0.3, -0.25) is 9.59 Å². The second-order valence-corrected chi connectivity index (χ2v) is 8.31. The number of piperidine rings is 2. The van der Waals surface area contributed by atoms with Crippen LogP contribution in [0.1, 0.15) is 32.1 Å². The highest BCUT2D eigenvalue weighted by molar-refractivity contribution is 5.73. The number of aromatic nitrogens is 4. The zero-order chi connectivity index (χ0) is 22.9. The maximum atomic E-state index is 12.3. The van der Waals surface area contributed by atoms with Crippen molar-refractivity contribution in [2.75, 3.05) is 49.2 Å². The molecule has 0 amide bonds. The van der Waals surface area contributed by atoms with Crippen molar-refractivity contribution in [3.8, 4) is 0 Å². The van der Waals surface area contributed by atoms with Crippen molar-refractivity contribution < 1.29 is 19.1 Å². The number of rotatable bonds is 8. The number of ether oxygens (including phenoxy) is 2. The number of hydrogen-bond acceptors (Lipinski definition) is 10. The Balaban J connectivity index is 1.07. The Morgan fingerprint density at radius 3 is 1.42 bits per heavy atom. The fourth-order valence-electron chi connectivity index (χ4n) is 4.18. The van der Waals surface area contributed by atoms with E-state index in [4.69, 9.17) is 9.47 Å². The first-order valence-electron chi connectivity index (χ1n) is 11.6. The van der Waals surface area contributed by atoms with Crippen LogP contribution in [-0.2, 0) is 19.1 Å². The third-order valence-electron chi connectivity index (χ3n) is 6.10. The molecule has 10 heteroatoms. The second kappa shape index (κ2) is 11.5. The minimum atomic E-state index is -0.176. The van der Waals surface area contributed by atoms with E-state index in [0.717, 1.165) is 51.9 Å². The topological polar surface area (TPSA) is 111 Å². The lowest BCUT2D eigenvalue weighted by molar-refractivity contribution is -0.151. The van der Waals surface area contributed by atoms with Gasteiger partial charge in [-0.25, -0.2) is 19.9 Å². The minimum Gasteiger partial charge on any atom is -0.465 e. The molecule has 0 radical (unpaired) electrons. The molecule has 0 atom stereocenters. The first-order valence-corrected chi connectivity index (χ1v) is 11.6. The molecule has 2 aliphatic heterocycles. The predicted octanol–water partition coefficient (Wildman–Crippen LogP) is 1.88. The lowest BCUT2D eigenvalue weighted by Gasteiger charge is -2.31. The van der Waals surface area contributed by atoms with Gasteiger partial charge in [0.05, 0.1) is 25.0 Å². The van der Waals surface area contributed by atoms with Gasteiger partial charge in [0.2, 0.25) is 11.9 Å². The molecule has 0 bridgehead atoms. The van der Waals surface area contributed by atoms with Crippen LogP contribution in [0.25, 0.3) is 0 Å². The number of carbonyl (C=O) groups is 2. The Kier molecular flexibility index (Phi) is 7.99. The Bertz CT molecular complexity index is 811. The van der Waals surface area contributed by atoms with Crippen LogP contribution in [0.4, 0.5) is 11.9 Å². The molecule has 176 valence electrons. The number of anilines is 2. The molecule has 0 unspecified atom stereocenters. The summed E-state index contributed by atoms with van der Waals surface area (Å²) in [5.41, 5.74) is 0. The normalized spacial score (nSPS) is 17.6. The van der Waals surface area contributed by atoms with Crippen molar-refractivity contribution in [1.82, 2.24) is 19.9 Å². The monoisotopic (exact) mass is 454 g/mol. The second-order valence-electron chi connectivity index (χ2n) is 8.31. The molecule has 2 saturated heterocycles. The van der Waals surface area contributed by atoms with Gasteiger partial charge in [-0.05, 0) is 37.8 Å². The summed E-state index contributed by atoms with van der Waals surface area (Å²) in [6, 6.07) is 3.57. The molecule has 0 spiro atoms. The molecule has 2 aromatic rings. The van der Waals surface area contributed by atoms with Gasteiger partial charge in [0.1, 0.15) is 0 Å². The summed E-state index contributed by atoms with van der Waals surface area (Å²) in [6.45, 7) is 3.45. The Morgan fingerprint density at radius 2 is 1.06 bits per heavy atom. The van der Waals surface area contributed by atoms with Gasteiger partial charge in [-0.2, -0.15) is 0 Å². The van der Waals surface area contributed by atoms with E-state index in [1.807, 2.05) is 0 Å². The molecule has 2 aromatic heterocycles. The minimum absolute atomic E-state index is 0.105. The zero-order valence-electron chi connectivity index (χ0n) is 18.7. The molecule has 0 aliphatic carbocycles. The number of esters is 2. The van der Waals surface area contributed by atoms with E-state index >= 15 is 0 Å². The van der Waals surface area contributed by atoms with Crippen molar-refractivity contribution >= 4 is 23.8 Å². The first kappa shape index (κ1) is 22.9. The summed E-state index contributed by atoms with van der Waals surface area (Å²) >= 11 is 0. The van der Waals surface area contributed by atoms with Gasteiger partial charge in [0.25, 0.3) is 0 Å². The number of carbonyl (C=O) groups excluding carboxylic acids is 2. The van der Waals surface area contributed by atoms with Crippen molar-refractivity contribution in [1.29, 1.82) is 0 Å². The molecule has 0 aromatic carbocycles. The summed E-state index contributed by atoms with van der Waals surface area (Å²) in [7, 11) is 0. The lowest BCUT2D eigenvalue weighted by atomic mass is 9.97. The maximum absolute atomic E-state index is 12.3. The highest BCUT2D eigenvalue weighted by Gasteiger charge is 2.28. The number of hydrogen-bond donors (Lipinski definition) is 0. The van der Waals surface area contributed by atoms with Crippen LogP contribution in [-0.4, -0.2) is 71.3 Å². The van der Waals surface area contributed by atoms with Crippen LogP contribution in [0.5, 0.6) is 0 Å². The third kappa shape index (κ3) is 6.36. The SMILES string of the molecule is O=C(OCCCOC(=O)C1CCN(c2ncccn2)CC1)C1CCN(c2ncccn2)CC1. The van der Waals surface area contributed by atoms with Crippen LogP contribution < -0.4 is 9.80 Å². The fourth-order valence-corrected chi connectivity index (χ4v) is 4.18. The summed E-state index contributed by atoms with van der Waals surface area (Å²) in [4.78, 5) is 45.9. The fraction of sp³-hybridized carbons (Fsp3) is 0.565. The Morgan fingerprint density at radius 1 is 0.697 bits per heavy atom. The highest BCUT2D eigenvalue weighted by Crippen LogP contribution is 2.22. The summed E-state index contributed by atoms with van der Waals surface area (Å²) in [5.74, 6) is 0.837.